The van der Waals surface area contributed by atoms with Crippen LogP contribution in [0.15, 0.2) is 8.95 Å². The molecule has 0 unspecified atom stereocenters. The van der Waals surface area contributed by atoms with E-state index in [1.54, 1.807) is 0 Å². The van der Waals surface area contributed by atoms with Gasteiger partial charge in [0, 0.05) is 0 Å². The molecule has 0 fully saturated rings. The summed E-state index contributed by atoms with van der Waals surface area (Å²) in [6.45, 7) is 0. The summed E-state index contributed by atoms with van der Waals surface area (Å²) in [6.07, 6.45) is -10.3. The highest BCUT2D eigenvalue weighted by Gasteiger charge is 2.45. The number of phenolic OH excluding ortho intramolecular Hbond substituents is 2. The molecule has 0 bridgehead atoms. The fraction of sp³-hybridized carbons (Fsp3) is 0.250. The first-order valence-corrected chi connectivity index (χ1v) is 5.55. The van der Waals surface area contributed by atoms with Gasteiger partial charge >= 0.3 is 12.4 Å². The van der Waals surface area contributed by atoms with Gasteiger partial charge in [-0.2, -0.15) is 26.3 Å². The molecular weight excluding hydrogens is 402 g/mol. The fourth-order valence-corrected chi connectivity index (χ4v) is 2.40. The average Bonchev–Trinajstić information content (AvgIpc) is 2.10. The van der Waals surface area contributed by atoms with Crippen LogP contribution < -0.4 is 0 Å². The van der Waals surface area contributed by atoms with Crippen molar-refractivity contribution >= 4 is 31.9 Å². The Hall–Kier alpha value is -0.640. The van der Waals surface area contributed by atoms with Crippen molar-refractivity contribution in [2.24, 2.45) is 0 Å². The summed E-state index contributed by atoms with van der Waals surface area (Å²) in [5.74, 6) is -3.31. The van der Waals surface area contributed by atoms with E-state index in [0.717, 1.165) is 0 Å². The van der Waals surface area contributed by atoms with Gasteiger partial charge < -0.3 is 10.2 Å². The number of hydrogen-bond acceptors (Lipinski definition) is 2. The second kappa shape index (κ2) is 4.48. The van der Waals surface area contributed by atoms with Crippen molar-refractivity contribution in [2.75, 3.05) is 0 Å². The molecule has 1 rings (SSSR count). The Morgan fingerprint density at radius 1 is 0.667 bits per heavy atom. The van der Waals surface area contributed by atoms with E-state index in [9.17, 15) is 36.6 Å². The Bertz CT molecular complexity index is 420. The van der Waals surface area contributed by atoms with Gasteiger partial charge in [-0.25, -0.2) is 0 Å². The third kappa shape index (κ3) is 2.53. The van der Waals surface area contributed by atoms with Gasteiger partial charge in [0.15, 0.2) is 0 Å². The molecule has 0 aliphatic rings. The third-order valence-electron chi connectivity index (χ3n) is 1.90. The van der Waals surface area contributed by atoms with Crippen LogP contribution in [0.1, 0.15) is 11.1 Å². The Labute approximate surface area is 112 Å². The summed E-state index contributed by atoms with van der Waals surface area (Å²) in [5, 5.41) is 18.3. The smallest absolute Gasteiger partial charge is 0.421 e. The molecule has 18 heavy (non-hydrogen) atoms. The van der Waals surface area contributed by atoms with Crippen molar-refractivity contribution in [1.29, 1.82) is 0 Å². The molecule has 0 saturated heterocycles. The maximum atomic E-state index is 12.5. The minimum Gasteiger partial charge on any atom is -0.506 e. The van der Waals surface area contributed by atoms with Crippen molar-refractivity contribution in [2.45, 2.75) is 12.4 Å². The molecule has 1 aromatic rings. The number of halogens is 8. The molecule has 0 radical (unpaired) electrons. The van der Waals surface area contributed by atoms with Gasteiger partial charge in [-0.05, 0) is 31.9 Å². The van der Waals surface area contributed by atoms with Crippen molar-refractivity contribution in [3.05, 3.63) is 20.1 Å². The Morgan fingerprint density at radius 3 is 1.06 bits per heavy atom. The summed E-state index contributed by atoms with van der Waals surface area (Å²) in [6, 6.07) is 0. The highest BCUT2D eigenvalue weighted by atomic mass is 79.9. The lowest BCUT2D eigenvalue weighted by Gasteiger charge is -2.18. The lowest BCUT2D eigenvalue weighted by molar-refractivity contribution is -0.144. The molecular formula is C8H2Br2F6O2. The van der Waals surface area contributed by atoms with Crippen molar-refractivity contribution in [3.8, 4) is 11.5 Å². The van der Waals surface area contributed by atoms with Crippen LogP contribution in [0, 0.1) is 0 Å². The largest absolute Gasteiger partial charge is 0.506 e. The molecule has 1 aromatic carbocycles. The molecule has 0 heterocycles. The summed E-state index contributed by atoms with van der Waals surface area (Å²) < 4.78 is 72.4. The molecule has 0 aliphatic heterocycles. The van der Waals surface area contributed by atoms with Crippen LogP contribution in [0.4, 0.5) is 26.3 Å². The SMILES string of the molecule is Oc1c(Br)c(C(F)(F)F)c(O)c(Br)c1C(F)(F)F. The molecule has 2 N–H and O–H groups in total. The first-order chi connectivity index (χ1) is 7.89. The molecule has 0 aliphatic carbocycles. The number of aromatic hydroxyl groups is 2. The number of rotatable bonds is 0. The maximum Gasteiger partial charge on any atom is 0.421 e. The minimum absolute atomic E-state index is 1.27. The van der Waals surface area contributed by atoms with Crippen LogP contribution in [0.25, 0.3) is 0 Å². The number of benzene rings is 1. The van der Waals surface area contributed by atoms with E-state index >= 15 is 0 Å². The quantitative estimate of drug-likeness (QED) is 0.488. The van der Waals surface area contributed by atoms with E-state index in [0.29, 0.717) is 0 Å². The highest BCUT2D eigenvalue weighted by Crippen LogP contribution is 2.54. The molecule has 0 atom stereocenters. The Kier molecular flexibility index (Phi) is 3.84. The third-order valence-corrected chi connectivity index (χ3v) is 3.44. The molecule has 2 nitrogen and oxygen atoms in total. The van der Waals surface area contributed by atoms with Crippen LogP contribution in [-0.2, 0) is 12.4 Å². The Balaban J connectivity index is 3.79. The lowest BCUT2D eigenvalue weighted by Crippen LogP contribution is -2.12. The van der Waals surface area contributed by atoms with Crippen LogP contribution in [0.5, 0.6) is 11.5 Å². The van der Waals surface area contributed by atoms with Gasteiger partial charge in [0.2, 0.25) is 0 Å². The predicted molar refractivity (Wildman–Crippen MR) is 55.2 cm³/mol. The average molecular weight is 404 g/mol. The standard InChI is InChI=1S/C8H2Br2F6O2/c9-3-1(7(11,12)13)5(17)4(10)2(6(3)18)8(14,15)16/h17-18H. The van der Waals surface area contributed by atoms with Crippen molar-refractivity contribution < 1.29 is 36.6 Å². The van der Waals surface area contributed by atoms with Crippen molar-refractivity contribution in [3.63, 3.8) is 0 Å². The van der Waals surface area contributed by atoms with Gasteiger partial charge in [-0.1, -0.05) is 0 Å². The first kappa shape index (κ1) is 15.4. The molecule has 10 heteroatoms. The number of phenols is 2. The van der Waals surface area contributed by atoms with E-state index in [4.69, 9.17) is 0 Å². The zero-order valence-electron chi connectivity index (χ0n) is 7.92. The van der Waals surface area contributed by atoms with Crippen LogP contribution in [0.3, 0.4) is 0 Å². The normalized spacial score (nSPS) is 12.9. The van der Waals surface area contributed by atoms with Gasteiger partial charge in [0.05, 0.1) is 8.95 Å². The maximum absolute atomic E-state index is 12.5. The first-order valence-electron chi connectivity index (χ1n) is 3.96. The van der Waals surface area contributed by atoms with Gasteiger partial charge in [-0.3, -0.25) is 0 Å². The summed E-state index contributed by atoms with van der Waals surface area (Å²) in [4.78, 5) is 0. The highest BCUT2D eigenvalue weighted by molar-refractivity contribution is 9.11. The van der Waals surface area contributed by atoms with Crippen molar-refractivity contribution in [1.82, 2.24) is 0 Å². The summed E-state index contributed by atoms with van der Waals surface area (Å²) >= 11 is 4.39. The van der Waals surface area contributed by atoms with E-state index in [1.807, 2.05) is 0 Å². The van der Waals surface area contributed by atoms with E-state index in [1.165, 1.54) is 0 Å². The molecule has 0 spiro atoms. The van der Waals surface area contributed by atoms with E-state index in [2.05, 4.69) is 31.9 Å². The zero-order chi connectivity index (χ0) is 14.5. The molecule has 0 amide bonds. The molecule has 0 saturated carbocycles. The van der Waals surface area contributed by atoms with Gasteiger partial charge in [-0.15, -0.1) is 0 Å². The van der Waals surface area contributed by atoms with Gasteiger partial charge in [0.1, 0.15) is 22.6 Å². The predicted octanol–water partition coefficient (Wildman–Crippen LogP) is 4.66. The Morgan fingerprint density at radius 2 is 0.889 bits per heavy atom. The second-order valence-electron chi connectivity index (χ2n) is 3.07. The number of hydrogen-bond donors (Lipinski definition) is 2. The molecule has 102 valence electrons. The summed E-state index contributed by atoms with van der Waals surface area (Å²) in [5.41, 5.74) is -3.58. The summed E-state index contributed by atoms with van der Waals surface area (Å²) in [7, 11) is 0. The monoisotopic (exact) mass is 402 g/mol. The fourth-order valence-electron chi connectivity index (χ4n) is 1.18. The van der Waals surface area contributed by atoms with E-state index in [-0.39, 0.29) is 0 Å². The van der Waals surface area contributed by atoms with Gasteiger partial charge in [0.25, 0.3) is 0 Å². The van der Waals surface area contributed by atoms with E-state index < -0.39 is 43.9 Å². The zero-order valence-corrected chi connectivity index (χ0v) is 11.1. The van der Waals surface area contributed by atoms with Crippen LogP contribution in [-0.4, -0.2) is 10.2 Å². The minimum atomic E-state index is -5.13. The van der Waals surface area contributed by atoms with Crippen LogP contribution >= 0.6 is 31.9 Å². The second-order valence-corrected chi connectivity index (χ2v) is 4.66. The topological polar surface area (TPSA) is 40.5 Å². The lowest BCUT2D eigenvalue weighted by atomic mass is 10.1. The van der Waals surface area contributed by atoms with Crippen LogP contribution in [0.2, 0.25) is 0 Å². The number of alkyl halides is 6. The molecule has 0 aromatic heterocycles.